The van der Waals surface area contributed by atoms with Gasteiger partial charge in [0, 0.05) is 28.3 Å². The number of unbranched alkanes of at least 4 members (excludes halogenated alkanes) is 2. The van der Waals surface area contributed by atoms with Crippen LogP contribution in [0.25, 0.3) is 0 Å². The first kappa shape index (κ1) is 15.2. The monoisotopic (exact) mass is 269 g/mol. The summed E-state index contributed by atoms with van der Waals surface area (Å²) in [5, 5.41) is 0. The highest BCUT2D eigenvalue weighted by Gasteiger charge is 2.10. The van der Waals surface area contributed by atoms with Crippen molar-refractivity contribution in [2.45, 2.75) is 32.2 Å². The van der Waals surface area contributed by atoms with Gasteiger partial charge in [0.2, 0.25) is 0 Å². The maximum Gasteiger partial charge on any atom is 0.118 e. The Balaban J connectivity index is 2.43. The summed E-state index contributed by atoms with van der Waals surface area (Å²) in [6.45, 7) is 2.14. The molecule has 0 aliphatic rings. The minimum absolute atomic E-state index is 0.154. The number of benzene rings is 1. The molecule has 0 saturated heterocycles. The predicted octanol–water partition coefficient (Wildman–Crippen LogP) is 2.63. The van der Waals surface area contributed by atoms with Crippen molar-refractivity contribution in [2.24, 2.45) is 5.73 Å². The summed E-state index contributed by atoms with van der Waals surface area (Å²) in [6, 6.07) is 7.49. The third-order valence-electron chi connectivity index (χ3n) is 2.88. The topological polar surface area (TPSA) is 52.3 Å². The fourth-order valence-electron chi connectivity index (χ4n) is 1.74. The van der Waals surface area contributed by atoms with Gasteiger partial charge in [0.1, 0.15) is 5.75 Å². The summed E-state index contributed by atoms with van der Waals surface area (Å²) in [7, 11) is 0.821. The van der Waals surface area contributed by atoms with Crippen molar-refractivity contribution in [1.82, 2.24) is 0 Å². The van der Waals surface area contributed by atoms with Crippen LogP contribution >= 0.6 is 0 Å². The Morgan fingerprint density at radius 1 is 1.28 bits per heavy atom. The molecule has 102 valence electrons. The molecule has 0 fully saturated rings. The molecule has 0 amide bonds. The van der Waals surface area contributed by atoms with Gasteiger partial charge >= 0.3 is 0 Å². The Morgan fingerprint density at radius 3 is 2.50 bits per heavy atom. The maximum absolute atomic E-state index is 11.8. The normalized spacial score (nSPS) is 14.2. The van der Waals surface area contributed by atoms with Crippen LogP contribution in [0.3, 0.4) is 0 Å². The highest BCUT2D eigenvalue weighted by Crippen LogP contribution is 2.17. The lowest BCUT2D eigenvalue weighted by atomic mass is 10.1. The second kappa shape index (κ2) is 8.27. The molecule has 2 N–H and O–H groups in total. The van der Waals surface area contributed by atoms with Crippen LogP contribution in [0.5, 0.6) is 5.75 Å². The van der Waals surface area contributed by atoms with Crippen molar-refractivity contribution in [1.29, 1.82) is 0 Å². The van der Waals surface area contributed by atoms with Crippen LogP contribution in [0, 0.1) is 0 Å². The zero-order valence-corrected chi connectivity index (χ0v) is 12.0. The zero-order chi connectivity index (χ0) is 13.4. The van der Waals surface area contributed by atoms with Gasteiger partial charge in [0.15, 0.2) is 0 Å². The summed E-state index contributed by atoms with van der Waals surface area (Å²) in [5.41, 5.74) is 7.07. The Kier molecular flexibility index (Phi) is 6.98. The van der Waals surface area contributed by atoms with E-state index in [4.69, 9.17) is 10.5 Å². The van der Waals surface area contributed by atoms with E-state index in [0.717, 1.165) is 36.3 Å². The average molecular weight is 269 g/mol. The Morgan fingerprint density at radius 2 is 1.94 bits per heavy atom. The summed E-state index contributed by atoms with van der Waals surface area (Å²) in [5.74, 6) is 2.11. The molecular weight excluding hydrogens is 246 g/mol. The van der Waals surface area contributed by atoms with Gasteiger partial charge in [0.25, 0.3) is 0 Å². The first-order chi connectivity index (χ1) is 8.67. The van der Waals surface area contributed by atoms with E-state index in [1.807, 2.05) is 24.3 Å². The lowest BCUT2D eigenvalue weighted by Gasteiger charge is -2.12. The fourth-order valence-corrected chi connectivity index (χ4v) is 3.03. The molecule has 0 bridgehead atoms. The number of rotatable bonds is 8. The van der Waals surface area contributed by atoms with Crippen LogP contribution in [0.1, 0.15) is 37.8 Å². The third kappa shape index (κ3) is 5.19. The second-order valence-electron chi connectivity index (χ2n) is 4.40. The summed E-state index contributed by atoms with van der Waals surface area (Å²) in [6.07, 6.45) is 3.32. The molecule has 1 aromatic rings. The van der Waals surface area contributed by atoms with Gasteiger partial charge in [-0.2, -0.15) is 0 Å². The van der Waals surface area contributed by atoms with Crippen LogP contribution in [0.4, 0.5) is 0 Å². The van der Waals surface area contributed by atoms with Gasteiger partial charge in [-0.25, -0.2) is 0 Å². The smallest absolute Gasteiger partial charge is 0.118 e. The standard InChI is InChI=1S/C14H23NO2S/c1-3-4-5-10-18(16)11-14(15)12-6-8-13(17-2)9-7-12/h6-9,14H,3-5,10-11,15H2,1-2H3. The molecule has 0 aromatic heterocycles. The summed E-state index contributed by atoms with van der Waals surface area (Å²) >= 11 is 0. The van der Waals surface area contributed by atoms with Crippen molar-refractivity contribution in [3.8, 4) is 5.75 Å². The number of ether oxygens (including phenoxy) is 1. The molecule has 0 aliphatic carbocycles. The van der Waals surface area contributed by atoms with Gasteiger partial charge in [0.05, 0.1) is 7.11 Å². The van der Waals surface area contributed by atoms with E-state index >= 15 is 0 Å². The minimum atomic E-state index is -0.815. The second-order valence-corrected chi connectivity index (χ2v) is 6.02. The molecule has 0 radical (unpaired) electrons. The van der Waals surface area contributed by atoms with E-state index in [2.05, 4.69) is 6.92 Å². The predicted molar refractivity (Wildman–Crippen MR) is 77.3 cm³/mol. The molecule has 0 saturated carbocycles. The number of hydrogen-bond acceptors (Lipinski definition) is 3. The Hall–Kier alpha value is -0.870. The van der Waals surface area contributed by atoms with E-state index in [1.54, 1.807) is 7.11 Å². The minimum Gasteiger partial charge on any atom is -0.497 e. The van der Waals surface area contributed by atoms with Crippen molar-refractivity contribution in [2.75, 3.05) is 18.6 Å². The van der Waals surface area contributed by atoms with Crippen LogP contribution in [0.15, 0.2) is 24.3 Å². The molecule has 0 heterocycles. The molecule has 18 heavy (non-hydrogen) atoms. The number of methoxy groups -OCH3 is 1. The highest BCUT2D eigenvalue weighted by atomic mass is 32.2. The van der Waals surface area contributed by atoms with E-state index in [0.29, 0.717) is 5.75 Å². The zero-order valence-electron chi connectivity index (χ0n) is 11.2. The van der Waals surface area contributed by atoms with Gasteiger partial charge in [-0.15, -0.1) is 0 Å². The van der Waals surface area contributed by atoms with Gasteiger partial charge < -0.3 is 10.5 Å². The van der Waals surface area contributed by atoms with Crippen molar-refractivity contribution >= 4 is 10.8 Å². The first-order valence-corrected chi connectivity index (χ1v) is 7.90. The Labute approximate surface area is 112 Å². The van der Waals surface area contributed by atoms with Crippen LogP contribution < -0.4 is 10.5 Å². The molecule has 0 spiro atoms. The van der Waals surface area contributed by atoms with Gasteiger partial charge in [-0.1, -0.05) is 31.9 Å². The van der Waals surface area contributed by atoms with E-state index in [9.17, 15) is 4.21 Å². The molecule has 1 rings (SSSR count). The highest BCUT2D eigenvalue weighted by molar-refractivity contribution is 7.85. The summed E-state index contributed by atoms with van der Waals surface area (Å²) in [4.78, 5) is 0. The van der Waals surface area contributed by atoms with Crippen LogP contribution in [-0.4, -0.2) is 22.8 Å². The van der Waals surface area contributed by atoms with Crippen LogP contribution in [0.2, 0.25) is 0 Å². The largest absolute Gasteiger partial charge is 0.497 e. The number of nitrogens with two attached hydrogens (primary N) is 1. The molecule has 1 aromatic carbocycles. The van der Waals surface area contributed by atoms with Crippen LogP contribution in [-0.2, 0) is 10.8 Å². The van der Waals surface area contributed by atoms with Crippen molar-refractivity contribution < 1.29 is 8.95 Å². The van der Waals surface area contributed by atoms with Gasteiger partial charge in [-0.05, 0) is 24.1 Å². The summed E-state index contributed by atoms with van der Waals surface area (Å²) < 4.78 is 16.9. The molecule has 0 aliphatic heterocycles. The maximum atomic E-state index is 11.8. The molecular formula is C14H23NO2S. The van der Waals surface area contributed by atoms with E-state index in [1.165, 1.54) is 0 Å². The fraction of sp³-hybridized carbons (Fsp3) is 0.571. The SMILES string of the molecule is CCCCCS(=O)CC(N)c1ccc(OC)cc1. The molecule has 2 unspecified atom stereocenters. The lowest BCUT2D eigenvalue weighted by molar-refractivity contribution is 0.414. The van der Waals surface area contributed by atoms with Crippen molar-refractivity contribution in [3.05, 3.63) is 29.8 Å². The Bertz CT molecular complexity index is 365. The van der Waals surface area contributed by atoms with E-state index in [-0.39, 0.29) is 6.04 Å². The number of hydrogen-bond donors (Lipinski definition) is 1. The average Bonchev–Trinajstić information content (AvgIpc) is 2.39. The van der Waals surface area contributed by atoms with Crippen molar-refractivity contribution in [3.63, 3.8) is 0 Å². The molecule has 4 heteroatoms. The third-order valence-corrected chi connectivity index (χ3v) is 4.36. The van der Waals surface area contributed by atoms with Gasteiger partial charge in [-0.3, -0.25) is 4.21 Å². The molecule has 3 nitrogen and oxygen atoms in total. The van der Waals surface area contributed by atoms with E-state index < -0.39 is 10.8 Å². The lowest BCUT2D eigenvalue weighted by Crippen LogP contribution is -2.19. The molecule has 2 atom stereocenters. The quantitative estimate of drug-likeness (QED) is 0.738. The first-order valence-electron chi connectivity index (χ1n) is 6.42.